The first kappa shape index (κ1) is 80.8. The highest BCUT2D eigenvalue weighted by Gasteiger charge is 2.30. The minimum absolute atomic E-state index is 0.0582. The Kier molecular flexibility index (Phi) is 30.6. The molecule has 0 bridgehead atoms. The summed E-state index contributed by atoms with van der Waals surface area (Å²) >= 11 is 0. The lowest BCUT2D eigenvalue weighted by atomic mass is 9.92. The van der Waals surface area contributed by atoms with Crippen LogP contribution in [0.5, 0.6) is 34.5 Å². The van der Waals surface area contributed by atoms with Gasteiger partial charge in [0.25, 0.3) is 0 Å². The number of fused-ring (bicyclic) bond motifs is 6. The van der Waals surface area contributed by atoms with Crippen molar-refractivity contribution in [2.75, 3.05) is 119 Å². The zero-order valence-electron chi connectivity index (χ0n) is 62.2. The molecule has 0 unspecified atom stereocenters. The Hall–Kier alpha value is -9.92. The maximum absolute atomic E-state index is 12.9. The standard InChI is InChI=1S/3C25H33N3O3.2C2H2O4/c3*1-28(14-13-17-11-12-22(30-2)23(15-17)31-3)16-24(29)27-25-18-7-4-5-9-20(18)26-21-10-6-8-19(21)25;2*3-1(4)2(5)6/h3*11-12,15H,4-10,13-14,16H2,1-3H3,(H,26,27,29);2*(H,3,4)(H,5,6). The van der Waals surface area contributed by atoms with Crippen LogP contribution in [0.2, 0.25) is 0 Å². The van der Waals surface area contributed by atoms with Gasteiger partial charge >= 0.3 is 23.9 Å². The van der Waals surface area contributed by atoms with E-state index in [0.29, 0.717) is 19.6 Å². The van der Waals surface area contributed by atoms with Crippen molar-refractivity contribution in [3.63, 3.8) is 0 Å². The van der Waals surface area contributed by atoms with E-state index in [1.807, 2.05) is 75.7 Å². The lowest BCUT2D eigenvalue weighted by Crippen LogP contribution is -2.32. The summed E-state index contributed by atoms with van der Waals surface area (Å²) in [4.78, 5) is 96.1. The lowest BCUT2D eigenvalue weighted by molar-refractivity contribution is -0.159. The number of nitrogens with one attached hydrogen (secondary N) is 3. The van der Waals surface area contributed by atoms with Gasteiger partial charge in [0, 0.05) is 53.8 Å². The summed E-state index contributed by atoms with van der Waals surface area (Å²) in [6, 6.07) is 17.9. The number of aromatic nitrogens is 3. The molecule has 3 aromatic heterocycles. The molecule has 0 aliphatic heterocycles. The number of aliphatic carboxylic acids is 4. The third-order valence-electron chi connectivity index (χ3n) is 19.6. The molecule has 0 spiro atoms. The summed E-state index contributed by atoms with van der Waals surface area (Å²) in [7, 11) is 15.8. The first-order valence-corrected chi connectivity index (χ1v) is 36.2. The Bertz CT molecular complexity index is 3650. The number of aryl methyl sites for hydroxylation is 6. The predicted molar refractivity (Wildman–Crippen MR) is 397 cm³/mol. The molecule has 26 nitrogen and oxygen atoms in total. The third-order valence-corrected chi connectivity index (χ3v) is 19.6. The highest BCUT2D eigenvalue weighted by atomic mass is 16.5. The molecule has 3 aromatic carbocycles. The predicted octanol–water partition coefficient (Wildman–Crippen LogP) is 9.05. The number of carbonyl (C=O) groups excluding carboxylic acids is 3. The number of nitrogens with zero attached hydrogens (tertiary/aromatic N) is 6. The third kappa shape index (κ3) is 22.8. The van der Waals surface area contributed by atoms with Crippen LogP contribution in [0.15, 0.2) is 54.6 Å². The van der Waals surface area contributed by atoms with Crippen molar-refractivity contribution in [2.45, 2.75) is 154 Å². The molecule has 0 saturated heterocycles. The Morgan fingerprint density at radius 3 is 0.752 bits per heavy atom. The van der Waals surface area contributed by atoms with E-state index < -0.39 is 23.9 Å². The Balaban J connectivity index is 0.000000184. The second kappa shape index (κ2) is 39.8. The van der Waals surface area contributed by atoms with Crippen LogP contribution in [0.25, 0.3) is 0 Å². The monoisotopic (exact) mass is 1450 g/mol. The minimum atomic E-state index is -1.82. The van der Waals surface area contributed by atoms with E-state index in [1.165, 1.54) is 106 Å². The molecule has 12 rings (SSSR count). The molecule has 0 saturated carbocycles. The van der Waals surface area contributed by atoms with Crippen molar-refractivity contribution in [1.29, 1.82) is 0 Å². The highest BCUT2D eigenvalue weighted by Crippen LogP contribution is 2.40. The summed E-state index contributed by atoms with van der Waals surface area (Å²) in [5.74, 6) is -2.74. The molecule has 105 heavy (non-hydrogen) atoms. The number of hydrogen-bond acceptors (Lipinski definition) is 19. The van der Waals surface area contributed by atoms with E-state index in [0.717, 1.165) is 203 Å². The molecule has 0 atom stereocenters. The molecule has 26 heteroatoms. The van der Waals surface area contributed by atoms with Crippen LogP contribution in [-0.4, -0.2) is 195 Å². The van der Waals surface area contributed by atoms with Crippen LogP contribution < -0.4 is 44.4 Å². The van der Waals surface area contributed by atoms with Gasteiger partial charge in [-0.25, -0.2) is 19.2 Å². The number of amides is 3. The summed E-state index contributed by atoms with van der Waals surface area (Å²) in [6.45, 7) is 3.48. The molecule has 3 heterocycles. The Labute approximate surface area is 614 Å². The normalized spacial score (nSPS) is 14.0. The quantitative estimate of drug-likeness (QED) is 0.0278. The van der Waals surface area contributed by atoms with E-state index in [1.54, 1.807) is 42.7 Å². The maximum atomic E-state index is 12.9. The number of anilines is 3. The van der Waals surface area contributed by atoms with E-state index >= 15 is 0 Å². The van der Waals surface area contributed by atoms with Crippen molar-refractivity contribution < 1.29 is 82.4 Å². The van der Waals surface area contributed by atoms with Gasteiger partial charge in [0.1, 0.15) is 0 Å². The summed E-state index contributed by atoms with van der Waals surface area (Å²) in [5, 5.41) is 39.4. The number of rotatable bonds is 24. The zero-order valence-corrected chi connectivity index (χ0v) is 62.2. The number of methoxy groups -OCH3 is 6. The second-order valence-corrected chi connectivity index (χ2v) is 27.1. The van der Waals surface area contributed by atoms with Gasteiger partial charge < -0.3 is 64.8 Å². The Morgan fingerprint density at radius 2 is 0.533 bits per heavy atom. The fourth-order valence-corrected chi connectivity index (χ4v) is 14.3. The van der Waals surface area contributed by atoms with Gasteiger partial charge in [0.2, 0.25) is 17.7 Å². The second-order valence-electron chi connectivity index (χ2n) is 27.1. The van der Waals surface area contributed by atoms with Crippen LogP contribution in [0.1, 0.15) is 142 Å². The molecule has 6 aromatic rings. The van der Waals surface area contributed by atoms with Gasteiger partial charge in [-0.2, -0.15) is 0 Å². The molecular weight excluding hydrogens is 1350 g/mol. The average molecular weight is 1450 g/mol. The van der Waals surface area contributed by atoms with Crippen LogP contribution in [0.3, 0.4) is 0 Å². The SMILES string of the molecule is COc1ccc(CCN(C)CC(=O)Nc2c3c(nc4c2CCC4)CCCC3)cc1OC.COc1ccc(CCN(C)CC(=O)Nc2c3c(nc4c2CCC4)CCCC3)cc1OC.COc1ccc(CCN(C)CC(=O)Nc2c3c(nc4c2CCC4)CCCC3)cc1OC.O=C(O)C(=O)O.O=C(O)C(=O)O. The molecular formula is C79H103N9O17. The summed E-state index contributed by atoms with van der Waals surface area (Å²) in [5.41, 5.74) is 21.7. The number of carboxylic acids is 4. The molecule has 6 aliphatic rings. The first-order chi connectivity index (χ1) is 50.5. The number of carbonyl (C=O) groups is 7. The topological polar surface area (TPSA) is 340 Å². The van der Waals surface area contributed by atoms with Crippen molar-refractivity contribution in [2.24, 2.45) is 0 Å². The molecule has 6 aliphatic carbocycles. The molecule has 566 valence electrons. The smallest absolute Gasteiger partial charge is 0.414 e. The maximum Gasteiger partial charge on any atom is 0.414 e. The average Bonchev–Trinajstić information content (AvgIpc) is 1.71. The van der Waals surface area contributed by atoms with Crippen molar-refractivity contribution in [1.82, 2.24) is 29.7 Å². The summed E-state index contributed by atoms with van der Waals surface area (Å²) in [6.07, 6.45) is 25.5. The van der Waals surface area contributed by atoms with Crippen LogP contribution >= 0.6 is 0 Å². The minimum Gasteiger partial charge on any atom is -0.493 e. The van der Waals surface area contributed by atoms with E-state index in [2.05, 4.69) is 30.7 Å². The molecule has 7 N–H and O–H groups in total. The summed E-state index contributed by atoms with van der Waals surface area (Å²) < 4.78 is 32.1. The largest absolute Gasteiger partial charge is 0.493 e. The molecule has 0 fully saturated rings. The van der Waals surface area contributed by atoms with E-state index in [9.17, 15) is 14.4 Å². The van der Waals surface area contributed by atoms with Gasteiger partial charge in [0.15, 0.2) is 34.5 Å². The number of ether oxygens (including phenoxy) is 6. The van der Waals surface area contributed by atoms with Crippen molar-refractivity contribution in [3.05, 3.63) is 139 Å². The number of carboxylic acid groups (broad SMARTS) is 4. The number of pyridine rings is 3. The number of likely N-dealkylation sites (N-methyl/N-ethyl adjacent to an activating group) is 3. The number of hydrogen-bond donors (Lipinski definition) is 7. The van der Waals surface area contributed by atoms with Crippen LogP contribution in [0.4, 0.5) is 17.1 Å². The van der Waals surface area contributed by atoms with Gasteiger partial charge in [-0.1, -0.05) is 18.2 Å². The number of benzene rings is 3. The fraction of sp³-hybridized carbons (Fsp3) is 0.494. The first-order valence-electron chi connectivity index (χ1n) is 36.2. The Morgan fingerprint density at radius 1 is 0.324 bits per heavy atom. The highest BCUT2D eigenvalue weighted by molar-refractivity contribution is 6.28. The fourth-order valence-electron chi connectivity index (χ4n) is 14.3. The van der Waals surface area contributed by atoms with E-state index in [4.69, 9.17) is 83.0 Å². The van der Waals surface area contributed by atoms with Gasteiger partial charge in [-0.3, -0.25) is 44.0 Å². The van der Waals surface area contributed by atoms with Gasteiger partial charge in [0.05, 0.1) is 79.4 Å². The van der Waals surface area contributed by atoms with Gasteiger partial charge in [-0.15, -0.1) is 0 Å². The zero-order chi connectivity index (χ0) is 75.7. The van der Waals surface area contributed by atoms with Gasteiger partial charge in [-0.05, 0) is 262 Å². The molecule has 3 amide bonds. The molecule has 0 radical (unpaired) electrons. The van der Waals surface area contributed by atoms with E-state index in [-0.39, 0.29) is 17.7 Å². The van der Waals surface area contributed by atoms with Crippen molar-refractivity contribution >= 4 is 58.7 Å². The van der Waals surface area contributed by atoms with Crippen LogP contribution in [0, 0.1) is 0 Å². The van der Waals surface area contributed by atoms with Crippen molar-refractivity contribution in [3.8, 4) is 34.5 Å². The van der Waals surface area contributed by atoms with Crippen LogP contribution in [-0.2, 0) is 130 Å². The lowest BCUT2D eigenvalue weighted by Gasteiger charge is -2.23.